The van der Waals surface area contributed by atoms with Crippen molar-refractivity contribution in [1.29, 1.82) is 0 Å². The van der Waals surface area contributed by atoms with Gasteiger partial charge in [0.25, 0.3) is 0 Å². The summed E-state index contributed by atoms with van der Waals surface area (Å²) in [4.78, 5) is 6.77. The number of nitrogens with zero attached hydrogens (tertiary/aromatic N) is 2. The Bertz CT molecular complexity index is 271. The first-order valence-corrected chi connectivity index (χ1v) is 8.24. The highest BCUT2D eigenvalue weighted by molar-refractivity contribution is 5.79. The fourth-order valence-corrected chi connectivity index (χ4v) is 2.68. The summed E-state index contributed by atoms with van der Waals surface area (Å²) < 4.78 is 5.69. The maximum atomic E-state index is 5.69. The SMILES string of the molecule is CCOC1CCN(C(=NC)NCCCCC(C)C)CC1. The lowest BCUT2D eigenvalue weighted by Gasteiger charge is -2.34. The first-order chi connectivity index (χ1) is 9.67. The highest BCUT2D eigenvalue weighted by Gasteiger charge is 2.21. The van der Waals surface area contributed by atoms with E-state index in [9.17, 15) is 0 Å². The quantitative estimate of drug-likeness (QED) is 0.443. The van der Waals surface area contributed by atoms with Crippen molar-refractivity contribution in [2.24, 2.45) is 10.9 Å². The molecule has 1 fully saturated rings. The highest BCUT2D eigenvalue weighted by Crippen LogP contribution is 2.13. The van der Waals surface area contributed by atoms with Gasteiger partial charge in [-0.15, -0.1) is 0 Å². The number of ether oxygens (including phenoxy) is 1. The molecule has 118 valence electrons. The number of nitrogens with one attached hydrogen (secondary N) is 1. The Morgan fingerprint density at radius 1 is 1.30 bits per heavy atom. The average molecular weight is 283 g/mol. The molecule has 1 aliphatic heterocycles. The van der Waals surface area contributed by atoms with E-state index in [1.165, 1.54) is 19.3 Å². The molecule has 1 N–H and O–H groups in total. The lowest BCUT2D eigenvalue weighted by atomic mass is 10.1. The van der Waals surface area contributed by atoms with Gasteiger partial charge < -0.3 is 15.0 Å². The van der Waals surface area contributed by atoms with Crippen molar-refractivity contribution in [2.45, 2.75) is 59.0 Å². The van der Waals surface area contributed by atoms with Gasteiger partial charge in [0.2, 0.25) is 0 Å². The van der Waals surface area contributed by atoms with Crippen LogP contribution in [-0.4, -0.2) is 50.3 Å². The molecular weight excluding hydrogens is 250 g/mol. The Balaban J connectivity index is 2.20. The van der Waals surface area contributed by atoms with Crippen molar-refractivity contribution >= 4 is 5.96 Å². The van der Waals surface area contributed by atoms with Crippen molar-refractivity contribution in [1.82, 2.24) is 10.2 Å². The predicted octanol–water partition coefficient (Wildman–Crippen LogP) is 2.89. The molecule has 0 radical (unpaired) electrons. The topological polar surface area (TPSA) is 36.9 Å². The Morgan fingerprint density at radius 2 is 2.00 bits per heavy atom. The maximum Gasteiger partial charge on any atom is 0.193 e. The molecular formula is C16H33N3O. The molecule has 0 aromatic heterocycles. The van der Waals surface area contributed by atoms with Gasteiger partial charge in [0.05, 0.1) is 6.10 Å². The normalized spacial score (nSPS) is 17.9. The van der Waals surface area contributed by atoms with Crippen LogP contribution in [0.1, 0.15) is 52.9 Å². The van der Waals surface area contributed by atoms with Gasteiger partial charge in [-0.05, 0) is 32.1 Å². The average Bonchev–Trinajstić information content (AvgIpc) is 2.44. The van der Waals surface area contributed by atoms with Crippen LogP contribution in [-0.2, 0) is 4.74 Å². The van der Waals surface area contributed by atoms with E-state index in [-0.39, 0.29) is 0 Å². The summed E-state index contributed by atoms with van der Waals surface area (Å²) in [5.74, 6) is 1.87. The van der Waals surface area contributed by atoms with Gasteiger partial charge in [0.15, 0.2) is 5.96 Å². The molecule has 4 heteroatoms. The second-order valence-corrected chi connectivity index (χ2v) is 6.01. The summed E-state index contributed by atoms with van der Waals surface area (Å²) in [6.45, 7) is 10.6. The van der Waals surface area contributed by atoms with E-state index in [1.54, 1.807) is 0 Å². The number of likely N-dealkylation sites (tertiary alicyclic amines) is 1. The Kier molecular flexibility index (Phi) is 8.67. The minimum atomic E-state index is 0.445. The minimum absolute atomic E-state index is 0.445. The number of unbranched alkanes of at least 4 members (excludes halogenated alkanes) is 1. The third-order valence-corrected chi connectivity index (χ3v) is 3.85. The molecule has 0 aromatic carbocycles. The molecule has 1 saturated heterocycles. The van der Waals surface area contributed by atoms with Crippen molar-refractivity contribution in [3.63, 3.8) is 0 Å². The van der Waals surface area contributed by atoms with E-state index in [2.05, 4.69) is 36.0 Å². The molecule has 0 saturated carbocycles. The fourth-order valence-electron chi connectivity index (χ4n) is 2.68. The molecule has 20 heavy (non-hydrogen) atoms. The molecule has 0 aliphatic carbocycles. The zero-order valence-corrected chi connectivity index (χ0v) is 13.8. The summed E-state index contributed by atoms with van der Waals surface area (Å²) in [6.07, 6.45) is 6.52. The molecule has 1 heterocycles. The van der Waals surface area contributed by atoms with Crippen LogP contribution < -0.4 is 5.32 Å². The van der Waals surface area contributed by atoms with Crippen molar-refractivity contribution in [3.05, 3.63) is 0 Å². The predicted molar refractivity (Wildman–Crippen MR) is 86.3 cm³/mol. The highest BCUT2D eigenvalue weighted by atomic mass is 16.5. The standard InChI is InChI=1S/C16H33N3O/c1-5-20-15-9-12-19(13-10-15)16(17-4)18-11-7-6-8-14(2)3/h14-15H,5-13H2,1-4H3,(H,17,18). The van der Waals surface area contributed by atoms with E-state index >= 15 is 0 Å². The first-order valence-electron chi connectivity index (χ1n) is 8.24. The third kappa shape index (κ3) is 6.60. The molecule has 0 atom stereocenters. The molecule has 0 spiro atoms. The molecule has 0 bridgehead atoms. The third-order valence-electron chi connectivity index (χ3n) is 3.85. The second kappa shape index (κ2) is 10.0. The van der Waals surface area contributed by atoms with Gasteiger partial charge in [-0.2, -0.15) is 0 Å². The molecule has 0 unspecified atom stereocenters. The molecule has 4 nitrogen and oxygen atoms in total. The van der Waals surface area contributed by atoms with E-state index in [1.807, 2.05) is 7.05 Å². The minimum Gasteiger partial charge on any atom is -0.378 e. The van der Waals surface area contributed by atoms with Crippen LogP contribution in [0.5, 0.6) is 0 Å². The van der Waals surface area contributed by atoms with Crippen molar-refractivity contribution in [3.8, 4) is 0 Å². The van der Waals surface area contributed by atoms with Crippen LogP contribution in [0, 0.1) is 5.92 Å². The lowest BCUT2D eigenvalue weighted by Crippen LogP contribution is -2.47. The summed E-state index contributed by atoms with van der Waals surface area (Å²) >= 11 is 0. The zero-order valence-electron chi connectivity index (χ0n) is 13.8. The number of guanidine groups is 1. The fraction of sp³-hybridized carbons (Fsp3) is 0.938. The number of hydrogen-bond acceptors (Lipinski definition) is 2. The Hall–Kier alpha value is -0.770. The number of piperidine rings is 1. The summed E-state index contributed by atoms with van der Waals surface area (Å²) in [5, 5.41) is 3.49. The second-order valence-electron chi connectivity index (χ2n) is 6.01. The molecule has 0 aromatic rings. The lowest BCUT2D eigenvalue weighted by molar-refractivity contribution is 0.0264. The zero-order chi connectivity index (χ0) is 14.8. The summed E-state index contributed by atoms with van der Waals surface area (Å²) in [5.41, 5.74) is 0. The van der Waals surface area contributed by atoms with E-state index in [0.29, 0.717) is 6.10 Å². The van der Waals surface area contributed by atoms with E-state index < -0.39 is 0 Å². The van der Waals surface area contributed by atoms with Gasteiger partial charge in [-0.3, -0.25) is 4.99 Å². The maximum absolute atomic E-state index is 5.69. The van der Waals surface area contributed by atoms with E-state index in [0.717, 1.165) is 51.0 Å². The van der Waals surface area contributed by atoms with Crippen molar-refractivity contribution in [2.75, 3.05) is 33.3 Å². The van der Waals surface area contributed by atoms with Gasteiger partial charge in [-0.1, -0.05) is 26.7 Å². The van der Waals surface area contributed by atoms with Crippen LogP contribution >= 0.6 is 0 Å². The number of rotatable bonds is 7. The molecule has 0 amide bonds. The van der Waals surface area contributed by atoms with Crippen LogP contribution in [0.3, 0.4) is 0 Å². The Labute approximate surface area is 125 Å². The van der Waals surface area contributed by atoms with Crippen LogP contribution in [0.4, 0.5) is 0 Å². The van der Waals surface area contributed by atoms with Crippen LogP contribution in [0.25, 0.3) is 0 Å². The van der Waals surface area contributed by atoms with Crippen LogP contribution in [0.15, 0.2) is 4.99 Å². The van der Waals surface area contributed by atoms with Gasteiger partial charge >= 0.3 is 0 Å². The largest absolute Gasteiger partial charge is 0.378 e. The Morgan fingerprint density at radius 3 is 2.55 bits per heavy atom. The molecule has 1 rings (SSSR count). The summed E-state index contributed by atoms with van der Waals surface area (Å²) in [7, 11) is 1.88. The first kappa shape index (κ1) is 17.3. The van der Waals surface area contributed by atoms with Crippen LogP contribution in [0.2, 0.25) is 0 Å². The summed E-state index contributed by atoms with van der Waals surface area (Å²) in [6, 6.07) is 0. The number of aliphatic imine (C=N–C) groups is 1. The molecule has 1 aliphatic rings. The van der Waals surface area contributed by atoms with Crippen molar-refractivity contribution < 1.29 is 4.74 Å². The smallest absolute Gasteiger partial charge is 0.193 e. The monoisotopic (exact) mass is 283 g/mol. The van der Waals surface area contributed by atoms with Gasteiger partial charge in [0.1, 0.15) is 0 Å². The van der Waals surface area contributed by atoms with Gasteiger partial charge in [0, 0.05) is 33.3 Å². The van der Waals surface area contributed by atoms with E-state index in [4.69, 9.17) is 4.74 Å². The number of hydrogen-bond donors (Lipinski definition) is 1. The van der Waals surface area contributed by atoms with Gasteiger partial charge in [-0.25, -0.2) is 0 Å².